The van der Waals surface area contributed by atoms with E-state index in [2.05, 4.69) is 22.1 Å². The number of nitriles is 1. The van der Waals surface area contributed by atoms with Crippen LogP contribution in [-0.2, 0) is 9.59 Å². The van der Waals surface area contributed by atoms with Crippen LogP contribution in [-0.4, -0.2) is 45.3 Å². The minimum Gasteiger partial charge on any atom is -0.346 e. The quantitative estimate of drug-likeness (QED) is 0.768. The number of rotatable bonds is 6. The molecule has 2 aromatic heterocycles. The largest absolute Gasteiger partial charge is 0.346 e. The standard InChI is InChI=1S/C22H23N5O2/c23-8-1-2-21(29)27-16-5-6-17(27)11-14(10-16)19-12-20(26(13-28)15-3-4-15)25-22-18(19)7-9-24-22/h7,9-10,12-13,15-17H,1-6,11H2,(H,24,25). The topological polar surface area (TPSA) is 93.1 Å². The fraction of sp³-hybridized carbons (Fsp3) is 0.455. The monoisotopic (exact) mass is 389 g/mol. The third kappa shape index (κ3) is 3.09. The SMILES string of the molecule is N#CCCC(=O)N1C2C=C(c3cc(N(C=O)C4CC4)nc4[nH]ccc34)CC1CC2. The Labute approximate surface area is 169 Å². The summed E-state index contributed by atoms with van der Waals surface area (Å²) in [6, 6.07) is 6.65. The van der Waals surface area contributed by atoms with Gasteiger partial charge in [0, 0.05) is 36.5 Å². The first kappa shape index (κ1) is 17.9. The van der Waals surface area contributed by atoms with Gasteiger partial charge in [0.1, 0.15) is 11.5 Å². The van der Waals surface area contributed by atoms with Crippen molar-refractivity contribution in [2.45, 2.75) is 63.1 Å². The van der Waals surface area contributed by atoms with Crippen molar-refractivity contribution in [3.05, 3.63) is 30.0 Å². The van der Waals surface area contributed by atoms with Crippen molar-refractivity contribution >= 4 is 34.7 Å². The summed E-state index contributed by atoms with van der Waals surface area (Å²) in [6.45, 7) is 0. The number of fused-ring (bicyclic) bond motifs is 3. The normalized spacial score (nSPS) is 23.0. The Bertz CT molecular complexity index is 1050. The van der Waals surface area contributed by atoms with Gasteiger partial charge in [-0.25, -0.2) is 4.98 Å². The summed E-state index contributed by atoms with van der Waals surface area (Å²) in [6.07, 6.45) is 10.3. The molecule has 2 unspecified atom stereocenters. The summed E-state index contributed by atoms with van der Waals surface area (Å²) in [5.41, 5.74) is 3.10. The number of nitrogens with zero attached hydrogens (tertiary/aromatic N) is 4. The molecule has 7 heteroatoms. The number of aromatic nitrogens is 2. The summed E-state index contributed by atoms with van der Waals surface area (Å²) in [4.78, 5) is 35.8. The average molecular weight is 389 g/mol. The van der Waals surface area contributed by atoms with Gasteiger partial charge in [-0.3, -0.25) is 14.5 Å². The zero-order valence-electron chi connectivity index (χ0n) is 16.2. The molecule has 29 heavy (non-hydrogen) atoms. The number of carbonyl (C=O) groups is 2. The van der Waals surface area contributed by atoms with Crippen LogP contribution in [0.3, 0.4) is 0 Å². The van der Waals surface area contributed by atoms with Crippen LogP contribution >= 0.6 is 0 Å². The number of pyridine rings is 1. The lowest BCUT2D eigenvalue weighted by Gasteiger charge is -2.34. The van der Waals surface area contributed by atoms with Crippen LogP contribution in [0, 0.1) is 11.3 Å². The van der Waals surface area contributed by atoms with E-state index in [9.17, 15) is 9.59 Å². The van der Waals surface area contributed by atoms with Crippen LogP contribution in [0.15, 0.2) is 24.4 Å². The molecule has 1 saturated heterocycles. The van der Waals surface area contributed by atoms with Gasteiger partial charge in [0.25, 0.3) is 0 Å². The molecule has 2 bridgehead atoms. The molecule has 2 atom stereocenters. The molecular weight excluding hydrogens is 366 g/mol. The van der Waals surface area contributed by atoms with Gasteiger partial charge in [-0.2, -0.15) is 5.26 Å². The number of amides is 2. The Balaban J connectivity index is 1.51. The van der Waals surface area contributed by atoms with Crippen molar-refractivity contribution in [2.24, 2.45) is 0 Å². The molecule has 0 spiro atoms. The summed E-state index contributed by atoms with van der Waals surface area (Å²) in [5, 5.41) is 9.84. The van der Waals surface area contributed by atoms with Crippen molar-refractivity contribution in [1.29, 1.82) is 5.26 Å². The Hall–Kier alpha value is -3.14. The highest BCUT2D eigenvalue weighted by Gasteiger charge is 2.40. The summed E-state index contributed by atoms with van der Waals surface area (Å²) < 4.78 is 0. The molecule has 4 heterocycles. The van der Waals surface area contributed by atoms with E-state index in [-0.39, 0.29) is 30.5 Å². The summed E-state index contributed by atoms with van der Waals surface area (Å²) in [7, 11) is 0. The van der Waals surface area contributed by atoms with Crippen LogP contribution in [0.25, 0.3) is 16.6 Å². The maximum Gasteiger partial charge on any atom is 0.224 e. The molecule has 0 aromatic carbocycles. The first-order valence-electron chi connectivity index (χ1n) is 10.3. The smallest absolute Gasteiger partial charge is 0.224 e. The van der Waals surface area contributed by atoms with Crippen LogP contribution in [0.2, 0.25) is 0 Å². The average Bonchev–Trinajstić information content (AvgIpc) is 3.38. The second-order valence-electron chi connectivity index (χ2n) is 8.17. The highest BCUT2D eigenvalue weighted by molar-refractivity contribution is 5.94. The number of anilines is 1. The number of aromatic amines is 1. The van der Waals surface area contributed by atoms with E-state index in [1.807, 2.05) is 23.2 Å². The Morgan fingerprint density at radius 2 is 2.24 bits per heavy atom. The summed E-state index contributed by atoms with van der Waals surface area (Å²) >= 11 is 0. The minimum absolute atomic E-state index is 0.0809. The fourth-order valence-electron chi connectivity index (χ4n) is 4.81. The third-order valence-corrected chi connectivity index (χ3v) is 6.31. The molecule has 148 valence electrons. The van der Waals surface area contributed by atoms with Crippen molar-refractivity contribution in [3.63, 3.8) is 0 Å². The first-order chi connectivity index (χ1) is 14.2. The Kier molecular flexibility index (Phi) is 4.35. The van der Waals surface area contributed by atoms with Crippen LogP contribution in [0.1, 0.15) is 50.5 Å². The van der Waals surface area contributed by atoms with Gasteiger partial charge in [0.15, 0.2) is 0 Å². The fourth-order valence-corrected chi connectivity index (χ4v) is 4.81. The molecule has 5 rings (SSSR count). The first-order valence-corrected chi connectivity index (χ1v) is 10.3. The minimum atomic E-state index is 0.0809. The van der Waals surface area contributed by atoms with Gasteiger partial charge in [-0.1, -0.05) is 6.08 Å². The van der Waals surface area contributed by atoms with E-state index in [0.29, 0.717) is 12.2 Å². The molecule has 2 amide bonds. The van der Waals surface area contributed by atoms with Crippen molar-refractivity contribution in [2.75, 3.05) is 4.90 Å². The van der Waals surface area contributed by atoms with Gasteiger partial charge in [0.05, 0.1) is 12.1 Å². The van der Waals surface area contributed by atoms with E-state index < -0.39 is 0 Å². The van der Waals surface area contributed by atoms with Crippen LogP contribution in [0.5, 0.6) is 0 Å². The van der Waals surface area contributed by atoms with E-state index in [0.717, 1.165) is 55.1 Å². The number of nitrogens with one attached hydrogen (secondary N) is 1. The molecule has 1 aliphatic carbocycles. The molecule has 1 N–H and O–H groups in total. The number of H-pyrrole nitrogens is 1. The number of hydrogen-bond acceptors (Lipinski definition) is 4. The molecule has 2 aliphatic heterocycles. The molecular formula is C22H23N5O2. The van der Waals surface area contributed by atoms with Crippen molar-refractivity contribution in [3.8, 4) is 6.07 Å². The molecule has 2 fully saturated rings. The Morgan fingerprint density at radius 1 is 1.38 bits per heavy atom. The maximum absolute atomic E-state index is 12.6. The number of hydrogen-bond donors (Lipinski definition) is 1. The van der Waals surface area contributed by atoms with Crippen LogP contribution < -0.4 is 4.90 Å². The molecule has 7 nitrogen and oxygen atoms in total. The van der Waals surface area contributed by atoms with E-state index in [4.69, 9.17) is 5.26 Å². The lowest BCUT2D eigenvalue weighted by molar-refractivity contribution is -0.133. The molecule has 0 radical (unpaired) electrons. The van der Waals surface area contributed by atoms with Gasteiger partial charge in [-0.05, 0) is 55.4 Å². The van der Waals surface area contributed by atoms with E-state index in [1.165, 1.54) is 5.57 Å². The summed E-state index contributed by atoms with van der Waals surface area (Å²) in [5.74, 6) is 0.769. The lowest BCUT2D eigenvalue weighted by Crippen LogP contribution is -2.42. The highest BCUT2D eigenvalue weighted by Crippen LogP contribution is 2.41. The third-order valence-electron chi connectivity index (χ3n) is 6.31. The second-order valence-corrected chi connectivity index (χ2v) is 8.17. The van der Waals surface area contributed by atoms with Crippen molar-refractivity contribution < 1.29 is 9.59 Å². The van der Waals surface area contributed by atoms with Crippen LogP contribution in [0.4, 0.5) is 5.82 Å². The second kappa shape index (κ2) is 7.03. The van der Waals surface area contributed by atoms with Gasteiger partial charge in [0.2, 0.25) is 12.3 Å². The molecule has 2 aromatic rings. The van der Waals surface area contributed by atoms with Gasteiger partial charge in [-0.15, -0.1) is 0 Å². The zero-order valence-corrected chi connectivity index (χ0v) is 16.2. The van der Waals surface area contributed by atoms with Crippen molar-refractivity contribution in [1.82, 2.24) is 14.9 Å². The predicted octanol–water partition coefficient (Wildman–Crippen LogP) is 3.14. The van der Waals surface area contributed by atoms with Gasteiger partial charge >= 0.3 is 0 Å². The Morgan fingerprint density at radius 3 is 2.97 bits per heavy atom. The van der Waals surface area contributed by atoms with Gasteiger partial charge < -0.3 is 9.88 Å². The van der Waals surface area contributed by atoms with E-state index >= 15 is 0 Å². The lowest BCUT2D eigenvalue weighted by atomic mass is 9.93. The number of carbonyl (C=O) groups excluding carboxylic acids is 2. The maximum atomic E-state index is 12.6. The zero-order chi connectivity index (χ0) is 20.0. The van der Waals surface area contributed by atoms with E-state index in [1.54, 1.807) is 4.90 Å². The highest BCUT2D eigenvalue weighted by atomic mass is 16.2. The molecule has 3 aliphatic rings. The predicted molar refractivity (Wildman–Crippen MR) is 109 cm³/mol. The molecule has 1 saturated carbocycles.